The van der Waals surface area contributed by atoms with Gasteiger partial charge in [0.15, 0.2) is 0 Å². The predicted octanol–water partition coefficient (Wildman–Crippen LogP) is 4.03. The van der Waals surface area contributed by atoms with Crippen molar-refractivity contribution in [2.45, 2.75) is 5.41 Å². The zero-order chi connectivity index (χ0) is 16.1. The minimum atomic E-state index is -0.885. The van der Waals surface area contributed by atoms with Crippen LogP contribution in [0.5, 0.6) is 0 Å². The molecule has 0 amide bonds. The number of hydrogen-bond acceptors (Lipinski definition) is 2. The molecule has 0 heterocycles. The molecule has 0 N–H and O–H groups in total. The van der Waals surface area contributed by atoms with Crippen LogP contribution in [0.2, 0.25) is 0 Å². The van der Waals surface area contributed by atoms with Gasteiger partial charge in [0.25, 0.3) is 0 Å². The summed E-state index contributed by atoms with van der Waals surface area (Å²) in [6, 6.07) is 26.6. The van der Waals surface area contributed by atoms with Gasteiger partial charge in [-0.2, -0.15) is 0 Å². The molecule has 3 aromatic rings. The van der Waals surface area contributed by atoms with Crippen molar-refractivity contribution in [1.29, 1.82) is 0 Å². The van der Waals surface area contributed by atoms with E-state index in [4.69, 9.17) is 0 Å². The molecule has 0 atom stereocenters. The Hall–Kier alpha value is -3.00. The van der Waals surface area contributed by atoms with Crippen LogP contribution in [-0.4, -0.2) is 12.6 Å². The summed E-state index contributed by atoms with van der Waals surface area (Å²) in [7, 11) is 0. The smallest absolute Gasteiger partial charge is 0.150 e. The second kappa shape index (κ2) is 6.41. The van der Waals surface area contributed by atoms with Gasteiger partial charge >= 0.3 is 0 Å². The quantitative estimate of drug-likeness (QED) is 0.526. The van der Waals surface area contributed by atoms with E-state index >= 15 is 0 Å². The summed E-state index contributed by atoms with van der Waals surface area (Å²) >= 11 is 0. The van der Waals surface area contributed by atoms with Crippen molar-refractivity contribution in [3.05, 3.63) is 107 Å². The Labute approximate surface area is 135 Å². The number of aldehydes is 2. The fourth-order valence-electron chi connectivity index (χ4n) is 2.93. The molecule has 0 saturated carbocycles. The fraction of sp³-hybridized carbons (Fsp3) is 0.0476. The molecule has 0 saturated heterocycles. The molecule has 2 heteroatoms. The summed E-state index contributed by atoms with van der Waals surface area (Å²) in [4.78, 5) is 23.2. The number of carbonyl (C=O) groups excluding carboxylic acids is 2. The van der Waals surface area contributed by atoms with Gasteiger partial charge in [0.1, 0.15) is 18.0 Å². The van der Waals surface area contributed by atoms with Crippen molar-refractivity contribution in [2.75, 3.05) is 0 Å². The minimum Gasteiger partial charge on any atom is -0.302 e. The van der Waals surface area contributed by atoms with Crippen molar-refractivity contribution in [2.24, 2.45) is 0 Å². The van der Waals surface area contributed by atoms with Gasteiger partial charge in [0, 0.05) is 5.56 Å². The van der Waals surface area contributed by atoms with E-state index in [0.29, 0.717) is 5.56 Å². The van der Waals surface area contributed by atoms with Crippen LogP contribution in [0.25, 0.3) is 0 Å². The summed E-state index contributed by atoms with van der Waals surface area (Å²) in [6.45, 7) is 0. The number of carbonyl (C=O) groups is 2. The minimum absolute atomic E-state index is 0.592. The molecule has 0 fully saturated rings. The van der Waals surface area contributed by atoms with Crippen molar-refractivity contribution in [3.63, 3.8) is 0 Å². The highest BCUT2D eigenvalue weighted by Crippen LogP contribution is 2.37. The van der Waals surface area contributed by atoms with Gasteiger partial charge in [-0.25, -0.2) is 0 Å². The maximum Gasteiger partial charge on any atom is 0.150 e. The second-order valence-electron chi connectivity index (χ2n) is 5.40. The highest BCUT2D eigenvalue weighted by molar-refractivity contribution is 5.82. The highest BCUT2D eigenvalue weighted by Gasteiger charge is 2.35. The number of benzene rings is 3. The largest absolute Gasteiger partial charge is 0.302 e. The molecule has 0 aliphatic carbocycles. The van der Waals surface area contributed by atoms with Crippen LogP contribution in [0.4, 0.5) is 0 Å². The molecular weight excluding hydrogens is 284 g/mol. The molecule has 3 aromatic carbocycles. The third-order valence-corrected chi connectivity index (χ3v) is 4.14. The first kappa shape index (κ1) is 14.9. The Morgan fingerprint density at radius 3 is 1.39 bits per heavy atom. The van der Waals surface area contributed by atoms with Crippen molar-refractivity contribution in [1.82, 2.24) is 0 Å². The van der Waals surface area contributed by atoms with Crippen LogP contribution < -0.4 is 0 Å². The van der Waals surface area contributed by atoms with E-state index in [1.807, 2.05) is 72.8 Å². The molecule has 112 valence electrons. The van der Waals surface area contributed by atoms with Gasteiger partial charge in [0.05, 0.1) is 0 Å². The predicted molar refractivity (Wildman–Crippen MR) is 90.7 cm³/mol. The summed E-state index contributed by atoms with van der Waals surface area (Å²) in [5, 5.41) is 0. The summed E-state index contributed by atoms with van der Waals surface area (Å²) in [5.41, 5.74) is 2.36. The molecule has 0 aliphatic heterocycles. The lowest BCUT2D eigenvalue weighted by Gasteiger charge is -2.30. The zero-order valence-corrected chi connectivity index (χ0v) is 12.6. The fourth-order valence-corrected chi connectivity index (χ4v) is 2.93. The van der Waals surface area contributed by atoms with Crippen molar-refractivity contribution >= 4 is 12.6 Å². The van der Waals surface area contributed by atoms with Crippen LogP contribution in [0, 0.1) is 0 Å². The van der Waals surface area contributed by atoms with E-state index in [1.165, 1.54) is 0 Å². The maximum absolute atomic E-state index is 12.3. The Morgan fingerprint density at radius 2 is 1.00 bits per heavy atom. The van der Waals surface area contributed by atoms with E-state index in [9.17, 15) is 9.59 Å². The van der Waals surface area contributed by atoms with Gasteiger partial charge in [-0.1, -0.05) is 84.9 Å². The van der Waals surface area contributed by atoms with Crippen molar-refractivity contribution in [3.8, 4) is 0 Å². The van der Waals surface area contributed by atoms with Gasteiger partial charge < -0.3 is 4.79 Å². The standard InChI is InChI=1S/C21H16O2/c22-15-17-11-13-20(14-12-17)21(16-23,18-7-3-1-4-8-18)19-9-5-2-6-10-19/h1-16H. The topological polar surface area (TPSA) is 34.1 Å². The van der Waals surface area contributed by atoms with Gasteiger partial charge in [-0.15, -0.1) is 0 Å². The van der Waals surface area contributed by atoms with Crippen LogP contribution in [0.1, 0.15) is 27.0 Å². The van der Waals surface area contributed by atoms with Crippen molar-refractivity contribution < 1.29 is 9.59 Å². The third-order valence-electron chi connectivity index (χ3n) is 4.14. The normalized spacial score (nSPS) is 11.0. The lowest BCUT2D eigenvalue weighted by atomic mass is 9.70. The lowest BCUT2D eigenvalue weighted by molar-refractivity contribution is -0.110. The summed E-state index contributed by atoms with van der Waals surface area (Å²) in [6.07, 6.45) is 1.78. The number of hydrogen-bond donors (Lipinski definition) is 0. The Kier molecular flexibility index (Phi) is 4.15. The van der Waals surface area contributed by atoms with E-state index in [0.717, 1.165) is 29.3 Å². The van der Waals surface area contributed by atoms with Gasteiger partial charge in [-0.3, -0.25) is 4.79 Å². The van der Waals surface area contributed by atoms with Crippen LogP contribution in [-0.2, 0) is 10.2 Å². The lowest BCUT2D eigenvalue weighted by Crippen LogP contribution is -2.31. The second-order valence-corrected chi connectivity index (χ2v) is 5.40. The first-order chi connectivity index (χ1) is 11.3. The molecule has 0 spiro atoms. The SMILES string of the molecule is O=Cc1ccc(C(C=O)(c2ccccc2)c2ccccc2)cc1. The van der Waals surface area contributed by atoms with Gasteiger partial charge in [0.2, 0.25) is 0 Å². The molecule has 0 aliphatic rings. The monoisotopic (exact) mass is 300 g/mol. The van der Waals surface area contributed by atoms with E-state index < -0.39 is 5.41 Å². The summed E-state index contributed by atoms with van der Waals surface area (Å²) < 4.78 is 0. The number of rotatable bonds is 5. The molecule has 0 aromatic heterocycles. The molecule has 0 radical (unpaired) electrons. The molecular formula is C21H16O2. The third kappa shape index (κ3) is 2.59. The van der Waals surface area contributed by atoms with Gasteiger partial charge in [-0.05, 0) is 16.7 Å². The van der Waals surface area contributed by atoms with E-state index in [2.05, 4.69) is 0 Å². The van der Waals surface area contributed by atoms with Crippen LogP contribution >= 0.6 is 0 Å². The Morgan fingerprint density at radius 1 is 0.565 bits per heavy atom. The summed E-state index contributed by atoms with van der Waals surface area (Å²) in [5.74, 6) is 0. The molecule has 3 rings (SSSR count). The highest BCUT2D eigenvalue weighted by atomic mass is 16.1. The molecule has 2 nitrogen and oxygen atoms in total. The van der Waals surface area contributed by atoms with Crippen LogP contribution in [0.15, 0.2) is 84.9 Å². The zero-order valence-electron chi connectivity index (χ0n) is 12.6. The first-order valence-corrected chi connectivity index (χ1v) is 7.44. The first-order valence-electron chi connectivity index (χ1n) is 7.44. The van der Waals surface area contributed by atoms with E-state index in [-0.39, 0.29) is 0 Å². The van der Waals surface area contributed by atoms with Crippen LogP contribution in [0.3, 0.4) is 0 Å². The Balaban J connectivity index is 2.28. The average molecular weight is 300 g/mol. The molecule has 23 heavy (non-hydrogen) atoms. The maximum atomic E-state index is 12.3. The molecule has 0 unspecified atom stereocenters. The van der Waals surface area contributed by atoms with E-state index in [1.54, 1.807) is 12.1 Å². The Bertz CT molecular complexity index is 751. The molecule has 0 bridgehead atoms. The average Bonchev–Trinajstić information content (AvgIpc) is 2.65.